The van der Waals surface area contributed by atoms with E-state index < -0.39 is 11.8 Å². The molecule has 1 aromatic carbocycles. The third kappa shape index (κ3) is 2.51. The number of hydrogen-bond acceptors (Lipinski definition) is 1. The first kappa shape index (κ1) is 12.6. The molecule has 0 aliphatic heterocycles. The summed E-state index contributed by atoms with van der Waals surface area (Å²) in [6, 6.07) is 3.80. The number of hydrogen-bond donors (Lipinski definition) is 0. The van der Waals surface area contributed by atoms with Gasteiger partial charge < -0.3 is 0 Å². The molecule has 6 heteroatoms. The lowest BCUT2D eigenvalue weighted by atomic mass is 10.1. The summed E-state index contributed by atoms with van der Waals surface area (Å²) in [4.78, 5) is 3.27. The van der Waals surface area contributed by atoms with Gasteiger partial charge in [-0.1, -0.05) is 34.8 Å². The fourth-order valence-electron chi connectivity index (χ4n) is 1.36. The van der Waals surface area contributed by atoms with Crippen molar-refractivity contribution in [1.82, 2.24) is 4.98 Å². The first-order valence-electron chi connectivity index (χ1n) is 4.45. The van der Waals surface area contributed by atoms with E-state index in [1.54, 1.807) is 0 Å². The highest BCUT2D eigenvalue weighted by atomic mass is 35.5. The summed E-state index contributed by atoms with van der Waals surface area (Å²) in [6.45, 7) is 0. The quantitative estimate of drug-likeness (QED) is 0.533. The Labute approximate surface area is 111 Å². The monoisotopic (exact) mass is 293 g/mol. The summed E-state index contributed by atoms with van der Waals surface area (Å²) in [6.07, 6.45) is 0.777. The van der Waals surface area contributed by atoms with Crippen LogP contribution in [-0.2, 0) is 0 Å². The number of aromatic nitrogens is 1. The first-order valence-corrected chi connectivity index (χ1v) is 5.58. The van der Waals surface area contributed by atoms with Crippen LogP contribution in [-0.4, -0.2) is 4.98 Å². The molecule has 0 saturated heterocycles. The molecule has 88 valence electrons. The fraction of sp³-hybridized carbons (Fsp3) is 0. The van der Waals surface area contributed by atoms with Crippen molar-refractivity contribution in [3.63, 3.8) is 0 Å². The molecule has 0 saturated carbocycles. The number of pyridine rings is 1. The van der Waals surface area contributed by atoms with Gasteiger partial charge in [0.1, 0.15) is 5.82 Å². The second kappa shape index (κ2) is 4.77. The molecule has 17 heavy (non-hydrogen) atoms. The average molecular weight is 295 g/mol. The minimum Gasteiger partial charge on any atom is -0.225 e. The first-order chi connectivity index (χ1) is 7.99. The van der Waals surface area contributed by atoms with E-state index in [4.69, 9.17) is 34.8 Å². The van der Waals surface area contributed by atoms with Gasteiger partial charge in [-0.25, -0.2) is 9.37 Å². The maximum absolute atomic E-state index is 13.5. The van der Waals surface area contributed by atoms with Crippen LogP contribution in [0.3, 0.4) is 0 Å². The van der Waals surface area contributed by atoms with Crippen LogP contribution in [0, 0.1) is 11.8 Å². The Kier molecular flexibility index (Phi) is 3.52. The van der Waals surface area contributed by atoms with Crippen LogP contribution in [0.25, 0.3) is 11.1 Å². The molecule has 1 nitrogen and oxygen atoms in total. The smallest absolute Gasteiger partial charge is 0.220 e. The van der Waals surface area contributed by atoms with Crippen LogP contribution >= 0.6 is 34.8 Å². The van der Waals surface area contributed by atoms with Gasteiger partial charge in [0.15, 0.2) is 0 Å². The Bertz CT molecular complexity index is 587. The maximum atomic E-state index is 13.5. The molecule has 0 fully saturated rings. The van der Waals surface area contributed by atoms with Gasteiger partial charge in [-0.2, -0.15) is 4.39 Å². The molecule has 2 aromatic rings. The molecule has 0 radical (unpaired) electrons. The van der Waals surface area contributed by atoms with Gasteiger partial charge in [0.05, 0.1) is 16.2 Å². The third-order valence-corrected chi connectivity index (χ3v) is 3.11. The van der Waals surface area contributed by atoms with Crippen LogP contribution in [0.2, 0.25) is 15.1 Å². The second-order valence-electron chi connectivity index (χ2n) is 3.24. The molecule has 0 aliphatic rings. The predicted octanol–water partition coefficient (Wildman–Crippen LogP) is 4.99. The number of benzene rings is 1. The summed E-state index contributed by atoms with van der Waals surface area (Å²) >= 11 is 17.5. The largest absolute Gasteiger partial charge is 0.225 e. The molecular weight excluding hydrogens is 290 g/mol. The minimum atomic E-state index is -0.841. The summed E-state index contributed by atoms with van der Waals surface area (Å²) in [5.41, 5.74) is 0.119. The fourth-order valence-corrected chi connectivity index (χ4v) is 2.07. The molecule has 2 rings (SSSR count). The molecule has 0 atom stereocenters. The zero-order valence-corrected chi connectivity index (χ0v) is 10.4. The van der Waals surface area contributed by atoms with E-state index in [-0.39, 0.29) is 26.2 Å². The minimum absolute atomic E-state index is 0.0839. The van der Waals surface area contributed by atoms with Crippen molar-refractivity contribution in [3.05, 3.63) is 51.2 Å². The Balaban J connectivity index is 2.72. The molecule has 1 aromatic heterocycles. The van der Waals surface area contributed by atoms with Gasteiger partial charge in [-0.15, -0.1) is 0 Å². The summed E-state index contributed by atoms with van der Waals surface area (Å²) in [5.74, 6) is -1.51. The Hall–Kier alpha value is -0.900. The van der Waals surface area contributed by atoms with Crippen molar-refractivity contribution in [2.75, 3.05) is 0 Å². The Morgan fingerprint density at radius 2 is 1.65 bits per heavy atom. The van der Waals surface area contributed by atoms with Crippen molar-refractivity contribution in [1.29, 1.82) is 0 Å². The van der Waals surface area contributed by atoms with Crippen molar-refractivity contribution < 1.29 is 8.78 Å². The van der Waals surface area contributed by atoms with Crippen LogP contribution < -0.4 is 0 Å². The SMILES string of the molecule is Fc1cnc(F)c(-c2cc(Cl)cc(Cl)c2Cl)c1. The van der Waals surface area contributed by atoms with Gasteiger partial charge in [-0.3, -0.25) is 0 Å². The Morgan fingerprint density at radius 1 is 0.941 bits per heavy atom. The van der Waals surface area contributed by atoms with E-state index in [1.165, 1.54) is 12.1 Å². The van der Waals surface area contributed by atoms with Crippen LogP contribution in [0.5, 0.6) is 0 Å². The van der Waals surface area contributed by atoms with Gasteiger partial charge in [0.25, 0.3) is 0 Å². The van der Waals surface area contributed by atoms with E-state index in [0.717, 1.165) is 12.3 Å². The number of nitrogens with zero attached hydrogens (tertiary/aromatic N) is 1. The summed E-state index contributed by atoms with van der Waals surface area (Å²) in [7, 11) is 0. The highest BCUT2D eigenvalue weighted by Crippen LogP contribution is 2.37. The number of rotatable bonds is 1. The number of halogens is 5. The molecule has 0 N–H and O–H groups in total. The summed E-state index contributed by atoms with van der Waals surface area (Å²) < 4.78 is 26.5. The van der Waals surface area contributed by atoms with Gasteiger partial charge in [-0.05, 0) is 18.2 Å². The molecule has 0 aliphatic carbocycles. The highest BCUT2D eigenvalue weighted by Gasteiger charge is 2.14. The summed E-state index contributed by atoms with van der Waals surface area (Å²) in [5, 5.41) is 0.540. The highest BCUT2D eigenvalue weighted by molar-refractivity contribution is 6.45. The van der Waals surface area contributed by atoms with E-state index in [9.17, 15) is 8.78 Å². The zero-order valence-electron chi connectivity index (χ0n) is 8.15. The third-order valence-electron chi connectivity index (χ3n) is 2.09. The maximum Gasteiger partial charge on any atom is 0.220 e. The van der Waals surface area contributed by atoms with E-state index in [0.29, 0.717) is 0 Å². The van der Waals surface area contributed by atoms with Gasteiger partial charge >= 0.3 is 0 Å². The lowest BCUT2D eigenvalue weighted by Gasteiger charge is -2.07. The predicted molar refractivity (Wildman–Crippen MR) is 64.6 cm³/mol. The van der Waals surface area contributed by atoms with Crippen LogP contribution in [0.15, 0.2) is 24.4 Å². The lowest BCUT2D eigenvalue weighted by Crippen LogP contribution is -1.92. The Morgan fingerprint density at radius 3 is 2.35 bits per heavy atom. The lowest BCUT2D eigenvalue weighted by molar-refractivity contribution is 0.563. The molecule has 0 amide bonds. The molecule has 0 spiro atoms. The van der Waals surface area contributed by atoms with Crippen molar-refractivity contribution >= 4 is 34.8 Å². The van der Waals surface area contributed by atoms with E-state index in [1.807, 2.05) is 0 Å². The van der Waals surface area contributed by atoms with Crippen molar-refractivity contribution in [2.45, 2.75) is 0 Å². The molecule has 0 unspecified atom stereocenters. The standard InChI is InChI=1S/C11H4Cl3F2N/c12-5-1-7(10(14)9(13)2-5)8-3-6(15)4-17-11(8)16/h1-4H. The topological polar surface area (TPSA) is 12.9 Å². The van der Waals surface area contributed by atoms with Crippen molar-refractivity contribution in [2.24, 2.45) is 0 Å². The van der Waals surface area contributed by atoms with Gasteiger partial charge in [0, 0.05) is 16.1 Å². The van der Waals surface area contributed by atoms with E-state index in [2.05, 4.69) is 4.98 Å². The van der Waals surface area contributed by atoms with Gasteiger partial charge in [0.2, 0.25) is 5.95 Å². The zero-order chi connectivity index (χ0) is 12.6. The van der Waals surface area contributed by atoms with Crippen molar-refractivity contribution in [3.8, 4) is 11.1 Å². The second-order valence-corrected chi connectivity index (χ2v) is 4.46. The molecular formula is C11H4Cl3F2N. The molecule has 1 heterocycles. The van der Waals surface area contributed by atoms with Crippen LogP contribution in [0.1, 0.15) is 0 Å². The van der Waals surface area contributed by atoms with Crippen LogP contribution in [0.4, 0.5) is 8.78 Å². The molecule has 0 bridgehead atoms. The van der Waals surface area contributed by atoms with E-state index >= 15 is 0 Å². The normalized spacial score (nSPS) is 10.6. The average Bonchev–Trinajstić information content (AvgIpc) is 2.27.